The first kappa shape index (κ1) is 18.0. The molecule has 2 aromatic rings. The molecule has 9 heteroatoms. The summed E-state index contributed by atoms with van der Waals surface area (Å²) in [7, 11) is -4.36. The average Bonchev–Trinajstić information content (AvgIpc) is 2.57. The molecule has 0 fully saturated rings. The summed E-state index contributed by atoms with van der Waals surface area (Å²) >= 11 is 0. The number of amides is 1. The smallest absolute Gasteiger partial charge is 0.294 e. The lowest BCUT2D eigenvalue weighted by Crippen LogP contribution is -2.14. The van der Waals surface area contributed by atoms with E-state index in [0.717, 1.165) is 12.3 Å². The van der Waals surface area contributed by atoms with E-state index in [2.05, 4.69) is 10.6 Å². The molecule has 0 aromatic heterocycles. The number of nitriles is 1. The molecule has 0 spiro atoms. The molecule has 0 atom stereocenters. The molecule has 0 saturated heterocycles. The molecule has 0 aliphatic heterocycles. The van der Waals surface area contributed by atoms with Gasteiger partial charge >= 0.3 is 0 Å². The van der Waals surface area contributed by atoms with Crippen molar-refractivity contribution in [2.75, 3.05) is 10.6 Å². The van der Waals surface area contributed by atoms with Crippen LogP contribution in [0.3, 0.4) is 0 Å². The van der Waals surface area contributed by atoms with Crippen molar-refractivity contribution in [3.63, 3.8) is 0 Å². The highest BCUT2D eigenvalue weighted by Crippen LogP contribution is 2.22. The van der Waals surface area contributed by atoms with E-state index in [0.29, 0.717) is 0 Å². The molecule has 4 N–H and O–H groups in total. The second-order valence-corrected chi connectivity index (χ2v) is 6.21. The first-order chi connectivity index (χ1) is 11.8. The van der Waals surface area contributed by atoms with Crippen molar-refractivity contribution < 1.29 is 22.9 Å². The van der Waals surface area contributed by atoms with Crippen LogP contribution in [0.2, 0.25) is 0 Å². The Balaban J connectivity index is 2.17. The van der Waals surface area contributed by atoms with E-state index in [1.165, 1.54) is 30.3 Å². The molecular weight excluding hydrogens is 346 g/mol. The van der Waals surface area contributed by atoms with Gasteiger partial charge in [0.05, 0.1) is 10.6 Å². The number of nitrogens with one attached hydrogen (secondary N) is 2. The van der Waals surface area contributed by atoms with Crippen LogP contribution in [0.5, 0.6) is 5.75 Å². The number of benzene rings is 2. The largest absolute Gasteiger partial charge is 0.506 e. The maximum Gasteiger partial charge on any atom is 0.294 e. The first-order valence-electron chi connectivity index (χ1n) is 6.85. The second-order valence-electron chi connectivity index (χ2n) is 4.79. The number of para-hydroxylation sites is 2. The Labute approximate surface area is 143 Å². The Morgan fingerprint density at radius 1 is 1.16 bits per heavy atom. The van der Waals surface area contributed by atoms with Crippen molar-refractivity contribution in [1.29, 1.82) is 5.26 Å². The number of carbonyl (C=O) groups excluding carboxylic acids is 1. The van der Waals surface area contributed by atoms with Crippen molar-refractivity contribution >= 4 is 27.4 Å². The molecule has 1 amide bonds. The van der Waals surface area contributed by atoms with Crippen LogP contribution in [-0.2, 0) is 14.9 Å². The number of phenols is 1. The van der Waals surface area contributed by atoms with Gasteiger partial charge in [-0.05, 0) is 30.3 Å². The molecule has 8 nitrogen and oxygen atoms in total. The highest BCUT2D eigenvalue weighted by atomic mass is 32.2. The number of hydrogen-bond donors (Lipinski definition) is 4. The number of nitrogens with zero attached hydrogens (tertiary/aromatic N) is 1. The summed E-state index contributed by atoms with van der Waals surface area (Å²) in [6.07, 6.45) is 1.08. The monoisotopic (exact) mass is 359 g/mol. The van der Waals surface area contributed by atoms with Gasteiger partial charge in [-0.2, -0.15) is 13.7 Å². The zero-order valence-electron chi connectivity index (χ0n) is 12.7. The second kappa shape index (κ2) is 7.48. The van der Waals surface area contributed by atoms with Crippen molar-refractivity contribution in [3.05, 3.63) is 60.3 Å². The van der Waals surface area contributed by atoms with Crippen LogP contribution in [0.15, 0.2) is 65.2 Å². The third kappa shape index (κ3) is 4.81. The summed E-state index contributed by atoms with van der Waals surface area (Å²) in [5, 5.41) is 23.7. The lowest BCUT2D eigenvalue weighted by atomic mass is 10.2. The SMILES string of the molecule is N#C/C(=C/Nc1cccc(S(=O)(=O)O)c1)C(=O)Nc1ccccc1O. The Morgan fingerprint density at radius 2 is 1.88 bits per heavy atom. The molecule has 0 aliphatic carbocycles. The van der Waals surface area contributed by atoms with Crippen LogP contribution < -0.4 is 10.6 Å². The van der Waals surface area contributed by atoms with E-state index in [1.54, 1.807) is 18.2 Å². The van der Waals surface area contributed by atoms with Gasteiger partial charge in [0.15, 0.2) is 0 Å². The van der Waals surface area contributed by atoms with E-state index >= 15 is 0 Å². The topological polar surface area (TPSA) is 140 Å². The maximum atomic E-state index is 12.1. The van der Waals surface area contributed by atoms with Crippen molar-refractivity contribution in [2.24, 2.45) is 0 Å². The van der Waals surface area contributed by atoms with E-state index in [1.807, 2.05) is 0 Å². The van der Waals surface area contributed by atoms with E-state index in [9.17, 15) is 18.3 Å². The minimum Gasteiger partial charge on any atom is -0.506 e. The lowest BCUT2D eigenvalue weighted by Gasteiger charge is -2.07. The van der Waals surface area contributed by atoms with Crippen molar-refractivity contribution in [1.82, 2.24) is 0 Å². The van der Waals surface area contributed by atoms with E-state index < -0.39 is 16.0 Å². The Bertz CT molecular complexity index is 977. The Hall–Kier alpha value is -3.35. The molecule has 2 rings (SSSR count). The quantitative estimate of drug-likeness (QED) is 0.277. The molecular formula is C16H13N3O5S. The number of aromatic hydroxyl groups is 1. The van der Waals surface area contributed by atoms with Gasteiger partial charge in [-0.15, -0.1) is 0 Å². The summed E-state index contributed by atoms with van der Waals surface area (Å²) in [4.78, 5) is 11.7. The zero-order chi connectivity index (χ0) is 18.4. The summed E-state index contributed by atoms with van der Waals surface area (Å²) < 4.78 is 31.2. The summed E-state index contributed by atoms with van der Waals surface area (Å²) in [5.41, 5.74) is 0.0840. The molecule has 2 aromatic carbocycles. The van der Waals surface area contributed by atoms with E-state index in [-0.39, 0.29) is 27.6 Å². The highest BCUT2D eigenvalue weighted by molar-refractivity contribution is 7.85. The van der Waals surface area contributed by atoms with E-state index in [4.69, 9.17) is 9.81 Å². The number of carbonyl (C=O) groups is 1. The number of rotatable bonds is 5. The predicted molar refractivity (Wildman–Crippen MR) is 90.3 cm³/mol. The predicted octanol–water partition coefficient (Wildman–Crippen LogP) is 2.10. The minimum absolute atomic E-state index is 0.141. The van der Waals surface area contributed by atoms with Gasteiger partial charge in [0, 0.05) is 11.9 Å². The van der Waals surface area contributed by atoms with Crippen LogP contribution in [0.1, 0.15) is 0 Å². The van der Waals surface area contributed by atoms with Gasteiger partial charge in [0.25, 0.3) is 16.0 Å². The van der Waals surface area contributed by atoms with Gasteiger partial charge in [0.2, 0.25) is 0 Å². The van der Waals surface area contributed by atoms with Gasteiger partial charge in [-0.3, -0.25) is 9.35 Å². The van der Waals surface area contributed by atoms with Crippen LogP contribution in [0, 0.1) is 11.3 Å². The molecule has 128 valence electrons. The summed E-state index contributed by atoms with van der Waals surface area (Å²) in [5.74, 6) is -0.913. The molecule has 0 bridgehead atoms. The molecule has 0 heterocycles. The standard InChI is InChI=1S/C16H13N3O5S/c17-9-11(16(21)19-14-6-1-2-7-15(14)20)10-18-12-4-3-5-13(8-12)25(22,23)24/h1-8,10,18,20H,(H,19,21)(H,22,23,24)/b11-10-. The van der Waals surface area contributed by atoms with Crippen LogP contribution >= 0.6 is 0 Å². The lowest BCUT2D eigenvalue weighted by molar-refractivity contribution is -0.112. The van der Waals surface area contributed by atoms with Crippen LogP contribution in [0.4, 0.5) is 11.4 Å². The van der Waals surface area contributed by atoms with Crippen LogP contribution in [0.25, 0.3) is 0 Å². The fourth-order valence-electron chi connectivity index (χ4n) is 1.82. The Kier molecular flexibility index (Phi) is 5.38. The fourth-order valence-corrected chi connectivity index (χ4v) is 2.35. The number of anilines is 2. The third-order valence-corrected chi connectivity index (χ3v) is 3.88. The normalized spacial score (nSPS) is 11.4. The molecule has 0 unspecified atom stereocenters. The average molecular weight is 359 g/mol. The van der Waals surface area contributed by atoms with Crippen LogP contribution in [-0.4, -0.2) is 24.0 Å². The van der Waals surface area contributed by atoms with Gasteiger partial charge in [0.1, 0.15) is 17.4 Å². The highest BCUT2D eigenvalue weighted by Gasteiger charge is 2.12. The fraction of sp³-hybridized carbons (Fsp3) is 0. The maximum absolute atomic E-state index is 12.1. The molecule has 25 heavy (non-hydrogen) atoms. The van der Waals surface area contributed by atoms with Crippen molar-refractivity contribution in [3.8, 4) is 11.8 Å². The van der Waals surface area contributed by atoms with Gasteiger partial charge in [-0.1, -0.05) is 18.2 Å². The molecule has 0 saturated carbocycles. The summed E-state index contributed by atoms with van der Waals surface area (Å²) in [6.45, 7) is 0. The minimum atomic E-state index is -4.36. The zero-order valence-corrected chi connectivity index (χ0v) is 13.5. The first-order valence-corrected chi connectivity index (χ1v) is 8.29. The molecule has 0 radical (unpaired) electrons. The van der Waals surface area contributed by atoms with Gasteiger partial charge in [-0.25, -0.2) is 0 Å². The summed E-state index contributed by atoms with van der Waals surface area (Å²) in [6, 6.07) is 12.9. The molecule has 0 aliphatic rings. The van der Waals surface area contributed by atoms with Crippen molar-refractivity contribution in [2.45, 2.75) is 4.90 Å². The number of phenolic OH excluding ortho intramolecular Hbond substituents is 1. The van der Waals surface area contributed by atoms with Gasteiger partial charge < -0.3 is 15.7 Å². The third-order valence-electron chi connectivity index (χ3n) is 3.03. The number of hydrogen-bond acceptors (Lipinski definition) is 6. The Morgan fingerprint density at radius 3 is 2.52 bits per heavy atom.